The van der Waals surface area contributed by atoms with E-state index in [4.69, 9.17) is 0 Å². The Balaban J connectivity index is 1.96. The SMILES string of the molecule is CCCN1C=CC=C(c2ccc(O)c3c2CC(=O)N3)C1. The Morgan fingerprint density at radius 2 is 2.25 bits per heavy atom. The van der Waals surface area contributed by atoms with Crippen LogP contribution < -0.4 is 5.32 Å². The van der Waals surface area contributed by atoms with Gasteiger partial charge in [-0.25, -0.2) is 0 Å². The summed E-state index contributed by atoms with van der Waals surface area (Å²) in [5.41, 5.74) is 3.73. The molecule has 1 aromatic carbocycles. The number of rotatable bonds is 3. The van der Waals surface area contributed by atoms with Crippen LogP contribution in [0.5, 0.6) is 5.75 Å². The van der Waals surface area contributed by atoms with Crippen molar-refractivity contribution in [3.63, 3.8) is 0 Å². The molecule has 0 saturated carbocycles. The van der Waals surface area contributed by atoms with Gasteiger partial charge in [0.25, 0.3) is 0 Å². The van der Waals surface area contributed by atoms with E-state index in [9.17, 15) is 9.90 Å². The largest absolute Gasteiger partial charge is 0.506 e. The summed E-state index contributed by atoms with van der Waals surface area (Å²) < 4.78 is 0. The third-order valence-electron chi connectivity index (χ3n) is 3.72. The second-order valence-corrected chi connectivity index (χ2v) is 5.21. The summed E-state index contributed by atoms with van der Waals surface area (Å²) in [6.07, 6.45) is 7.66. The molecule has 20 heavy (non-hydrogen) atoms. The maximum atomic E-state index is 11.6. The van der Waals surface area contributed by atoms with Gasteiger partial charge in [-0.15, -0.1) is 0 Å². The van der Waals surface area contributed by atoms with Crippen LogP contribution in [0.4, 0.5) is 5.69 Å². The number of nitrogens with zero attached hydrogens (tertiary/aromatic N) is 1. The molecular formula is C16H18N2O2. The van der Waals surface area contributed by atoms with Crippen LogP contribution in [0.2, 0.25) is 0 Å². The first-order valence-electron chi connectivity index (χ1n) is 6.95. The number of anilines is 1. The van der Waals surface area contributed by atoms with Gasteiger partial charge >= 0.3 is 0 Å². The smallest absolute Gasteiger partial charge is 0.229 e. The van der Waals surface area contributed by atoms with E-state index in [1.54, 1.807) is 6.07 Å². The van der Waals surface area contributed by atoms with Crippen LogP contribution in [0.25, 0.3) is 5.57 Å². The van der Waals surface area contributed by atoms with E-state index in [2.05, 4.69) is 29.4 Å². The number of phenolic OH excluding ortho intramolecular Hbond substituents is 1. The van der Waals surface area contributed by atoms with Gasteiger partial charge in [0.05, 0.1) is 12.1 Å². The molecule has 0 aromatic heterocycles. The number of nitrogens with one attached hydrogen (secondary N) is 1. The lowest BCUT2D eigenvalue weighted by atomic mass is 9.95. The molecule has 0 aliphatic carbocycles. The van der Waals surface area contributed by atoms with Gasteiger partial charge in [-0.3, -0.25) is 4.79 Å². The average molecular weight is 270 g/mol. The summed E-state index contributed by atoms with van der Waals surface area (Å²) in [7, 11) is 0. The second-order valence-electron chi connectivity index (χ2n) is 5.21. The number of aromatic hydroxyl groups is 1. The van der Waals surface area contributed by atoms with Crippen molar-refractivity contribution < 1.29 is 9.90 Å². The first kappa shape index (κ1) is 12.8. The topological polar surface area (TPSA) is 52.6 Å². The van der Waals surface area contributed by atoms with Crippen LogP contribution >= 0.6 is 0 Å². The van der Waals surface area contributed by atoms with E-state index in [-0.39, 0.29) is 11.7 Å². The Hall–Kier alpha value is -2.23. The molecule has 4 heteroatoms. The zero-order chi connectivity index (χ0) is 14.1. The Kier molecular flexibility index (Phi) is 3.22. The maximum Gasteiger partial charge on any atom is 0.229 e. The Morgan fingerprint density at radius 3 is 3.05 bits per heavy atom. The molecule has 0 unspecified atom stereocenters. The summed E-state index contributed by atoms with van der Waals surface area (Å²) in [6, 6.07) is 3.56. The van der Waals surface area contributed by atoms with Gasteiger partial charge in [0.1, 0.15) is 5.75 Å². The van der Waals surface area contributed by atoms with Crippen molar-refractivity contribution in [2.24, 2.45) is 0 Å². The quantitative estimate of drug-likeness (QED) is 0.830. The van der Waals surface area contributed by atoms with Crippen molar-refractivity contribution in [3.05, 3.63) is 41.6 Å². The van der Waals surface area contributed by atoms with Gasteiger partial charge in [0.2, 0.25) is 5.91 Å². The molecule has 0 fully saturated rings. The van der Waals surface area contributed by atoms with E-state index in [1.165, 1.54) is 5.57 Å². The van der Waals surface area contributed by atoms with Crippen LogP contribution in [0.3, 0.4) is 0 Å². The molecule has 104 valence electrons. The van der Waals surface area contributed by atoms with Crippen LogP contribution in [0, 0.1) is 0 Å². The first-order valence-corrected chi connectivity index (χ1v) is 6.95. The van der Waals surface area contributed by atoms with E-state index in [0.29, 0.717) is 12.1 Å². The molecule has 0 saturated heterocycles. The van der Waals surface area contributed by atoms with Crippen molar-refractivity contribution in [2.75, 3.05) is 18.4 Å². The van der Waals surface area contributed by atoms with Crippen molar-refractivity contribution in [1.29, 1.82) is 0 Å². The minimum atomic E-state index is -0.0554. The van der Waals surface area contributed by atoms with Gasteiger partial charge < -0.3 is 15.3 Å². The van der Waals surface area contributed by atoms with Crippen molar-refractivity contribution in [2.45, 2.75) is 19.8 Å². The molecule has 3 rings (SSSR count). The van der Waals surface area contributed by atoms with Gasteiger partial charge in [0.15, 0.2) is 0 Å². The second kappa shape index (κ2) is 5.04. The minimum absolute atomic E-state index is 0.0554. The number of fused-ring (bicyclic) bond motifs is 1. The highest BCUT2D eigenvalue weighted by Crippen LogP contribution is 2.38. The molecule has 0 bridgehead atoms. The zero-order valence-electron chi connectivity index (χ0n) is 11.5. The van der Waals surface area contributed by atoms with E-state index < -0.39 is 0 Å². The monoisotopic (exact) mass is 270 g/mol. The van der Waals surface area contributed by atoms with Gasteiger partial charge in [-0.1, -0.05) is 19.1 Å². The van der Waals surface area contributed by atoms with Crippen LogP contribution in [0.15, 0.2) is 30.5 Å². The fraction of sp³-hybridized carbons (Fsp3) is 0.312. The first-order chi connectivity index (χ1) is 9.69. The van der Waals surface area contributed by atoms with Gasteiger partial charge in [0, 0.05) is 13.1 Å². The van der Waals surface area contributed by atoms with Gasteiger partial charge in [-0.2, -0.15) is 0 Å². The van der Waals surface area contributed by atoms with Crippen LogP contribution in [-0.2, 0) is 11.2 Å². The molecule has 0 atom stereocenters. The average Bonchev–Trinajstić information content (AvgIpc) is 2.82. The fourth-order valence-electron chi connectivity index (χ4n) is 2.82. The van der Waals surface area contributed by atoms with E-state index in [1.807, 2.05) is 12.1 Å². The lowest BCUT2D eigenvalue weighted by molar-refractivity contribution is -0.115. The molecule has 1 amide bonds. The Labute approximate surface area is 118 Å². The predicted molar refractivity (Wildman–Crippen MR) is 79.4 cm³/mol. The number of carbonyl (C=O) groups excluding carboxylic acids is 1. The lowest BCUT2D eigenvalue weighted by Crippen LogP contribution is -2.22. The van der Waals surface area contributed by atoms with Crippen LogP contribution in [0.1, 0.15) is 24.5 Å². The molecule has 2 aliphatic heterocycles. The number of benzene rings is 1. The molecular weight excluding hydrogens is 252 g/mol. The lowest BCUT2D eigenvalue weighted by Gasteiger charge is -2.25. The highest BCUT2D eigenvalue weighted by Gasteiger charge is 2.25. The summed E-state index contributed by atoms with van der Waals surface area (Å²) in [5, 5.41) is 12.6. The summed E-state index contributed by atoms with van der Waals surface area (Å²) in [4.78, 5) is 13.9. The van der Waals surface area contributed by atoms with Crippen molar-refractivity contribution >= 4 is 17.2 Å². The minimum Gasteiger partial charge on any atom is -0.506 e. The third-order valence-corrected chi connectivity index (χ3v) is 3.72. The molecule has 2 aliphatic rings. The summed E-state index contributed by atoms with van der Waals surface area (Å²) in [5.74, 6) is 0.0899. The number of allylic oxidation sites excluding steroid dienone is 2. The molecule has 0 spiro atoms. The maximum absolute atomic E-state index is 11.6. The Bertz CT molecular complexity index is 617. The van der Waals surface area contributed by atoms with Crippen molar-refractivity contribution in [3.8, 4) is 5.75 Å². The van der Waals surface area contributed by atoms with Crippen molar-refractivity contribution in [1.82, 2.24) is 4.90 Å². The predicted octanol–water partition coefficient (Wildman–Crippen LogP) is 2.51. The molecule has 0 radical (unpaired) electrons. The number of hydrogen-bond donors (Lipinski definition) is 2. The zero-order valence-corrected chi connectivity index (χ0v) is 11.5. The van der Waals surface area contributed by atoms with E-state index in [0.717, 1.165) is 30.6 Å². The number of phenols is 1. The molecule has 2 N–H and O–H groups in total. The summed E-state index contributed by atoms with van der Waals surface area (Å²) >= 11 is 0. The number of hydrogen-bond acceptors (Lipinski definition) is 3. The molecule has 1 aromatic rings. The van der Waals surface area contributed by atoms with Gasteiger partial charge in [-0.05, 0) is 41.5 Å². The standard InChI is InChI=1S/C16H18N2O2/c1-2-7-18-8-3-4-11(10-18)12-5-6-14(19)16-13(12)9-15(20)17-16/h3-6,8,19H,2,7,9-10H2,1H3,(H,17,20). The third kappa shape index (κ3) is 2.18. The highest BCUT2D eigenvalue weighted by atomic mass is 16.3. The highest BCUT2D eigenvalue weighted by molar-refractivity contribution is 6.03. The van der Waals surface area contributed by atoms with Crippen LogP contribution in [-0.4, -0.2) is 29.0 Å². The summed E-state index contributed by atoms with van der Waals surface area (Å²) in [6.45, 7) is 4.02. The Morgan fingerprint density at radius 1 is 1.40 bits per heavy atom. The number of carbonyl (C=O) groups is 1. The number of amides is 1. The molecule has 4 nitrogen and oxygen atoms in total. The molecule has 2 heterocycles. The normalized spacial score (nSPS) is 16.9. The fourth-order valence-corrected chi connectivity index (χ4v) is 2.82. The van der Waals surface area contributed by atoms with E-state index >= 15 is 0 Å².